The summed E-state index contributed by atoms with van der Waals surface area (Å²) in [5.74, 6) is -0.903. The number of aliphatic carboxylic acids is 1. The molecule has 0 aromatic heterocycles. The predicted molar refractivity (Wildman–Crippen MR) is 88.2 cm³/mol. The van der Waals surface area contributed by atoms with Crippen LogP contribution >= 0.6 is 0 Å². The zero-order valence-electron chi connectivity index (χ0n) is 14.6. The third-order valence-corrected chi connectivity index (χ3v) is 3.98. The van der Waals surface area contributed by atoms with Crippen LogP contribution in [0.2, 0.25) is 0 Å². The van der Waals surface area contributed by atoms with Gasteiger partial charge < -0.3 is 15.4 Å². The summed E-state index contributed by atoms with van der Waals surface area (Å²) in [4.78, 5) is 10.2. The summed E-state index contributed by atoms with van der Waals surface area (Å²) in [7, 11) is 0. The van der Waals surface area contributed by atoms with E-state index in [9.17, 15) is 9.90 Å². The number of carbonyl (C=O) groups excluding carboxylic acids is 1. The van der Waals surface area contributed by atoms with Crippen LogP contribution in [0.3, 0.4) is 0 Å². The molecule has 0 amide bonds. The molecular weight excluding hydrogens is 355 g/mol. The Hall–Kier alpha value is 0.313. The van der Waals surface area contributed by atoms with Gasteiger partial charge in [0.1, 0.15) is 0 Å². The Balaban J connectivity index is -0.00000180. The molecule has 0 spiro atoms. The second kappa shape index (κ2) is 23.6. The molecule has 0 unspecified atom stereocenters. The Bertz CT molecular complexity index is 211. The van der Waals surface area contributed by atoms with Crippen LogP contribution in [-0.2, 0) is 31.0 Å². The molecule has 0 aromatic carbocycles. The molecule has 4 heteroatoms. The Morgan fingerprint density at radius 2 is 0.909 bits per heavy atom. The Labute approximate surface area is 157 Å². The standard InChI is InChI=1S/C18H36O2.H2O.Zr/c1-2-3-4-5-6-7-8-9-10-11-12-13-14-15-16-17-18(19)20;;/h2-17H2,1H3,(H,19,20);1H2;/p-1. The first-order valence-corrected chi connectivity index (χ1v) is 8.97. The maximum Gasteiger partial charge on any atom is 0.0414 e. The van der Waals surface area contributed by atoms with Gasteiger partial charge in [-0.2, -0.15) is 0 Å². The number of hydrogen-bond donors (Lipinski definition) is 0. The molecule has 0 aromatic rings. The summed E-state index contributed by atoms with van der Waals surface area (Å²) in [5, 5.41) is 10.2. The Morgan fingerprint density at radius 3 is 1.18 bits per heavy atom. The number of carboxylic acid groups (broad SMARTS) is 1. The maximum absolute atomic E-state index is 10.2. The van der Waals surface area contributed by atoms with Crippen molar-refractivity contribution in [2.75, 3.05) is 0 Å². The van der Waals surface area contributed by atoms with Crippen molar-refractivity contribution in [2.45, 2.75) is 110 Å². The maximum atomic E-state index is 10.2. The summed E-state index contributed by atoms with van der Waals surface area (Å²) in [5.41, 5.74) is 0. The monoisotopic (exact) mass is 391 g/mol. The van der Waals surface area contributed by atoms with E-state index in [1.54, 1.807) is 0 Å². The first kappa shape index (κ1) is 27.2. The fourth-order valence-electron chi connectivity index (χ4n) is 2.64. The van der Waals surface area contributed by atoms with Gasteiger partial charge in [-0.1, -0.05) is 96.8 Å². The van der Waals surface area contributed by atoms with Crippen LogP contribution in [0.15, 0.2) is 0 Å². The summed E-state index contributed by atoms with van der Waals surface area (Å²) in [6.45, 7) is 2.27. The number of carbonyl (C=O) groups is 1. The molecule has 0 fully saturated rings. The SMILES string of the molecule is CCCCCCCCCCCCCCCCCC(=O)[O-].O.[Zr]. The van der Waals surface area contributed by atoms with Crippen molar-refractivity contribution in [2.24, 2.45) is 0 Å². The molecule has 0 radical (unpaired) electrons. The molecule has 0 saturated carbocycles. The summed E-state index contributed by atoms with van der Waals surface area (Å²) >= 11 is 0. The molecular formula is C18H37O3Zr-. The van der Waals surface area contributed by atoms with Crippen LogP contribution in [0, 0.1) is 0 Å². The van der Waals surface area contributed by atoms with Gasteiger partial charge in [0.05, 0.1) is 0 Å². The quantitative estimate of drug-likeness (QED) is 0.370. The minimum atomic E-state index is -0.903. The average molecular weight is 393 g/mol. The van der Waals surface area contributed by atoms with Gasteiger partial charge in [0, 0.05) is 32.2 Å². The topological polar surface area (TPSA) is 71.6 Å². The van der Waals surface area contributed by atoms with Gasteiger partial charge in [0.2, 0.25) is 0 Å². The molecule has 0 atom stereocenters. The number of unbranched alkanes of at least 4 members (excludes halogenated alkanes) is 14. The molecule has 2 N–H and O–H groups in total. The zero-order chi connectivity index (χ0) is 14.9. The molecule has 132 valence electrons. The summed E-state index contributed by atoms with van der Waals surface area (Å²) in [6, 6.07) is 0. The molecule has 0 heterocycles. The van der Waals surface area contributed by atoms with E-state index in [-0.39, 0.29) is 38.1 Å². The summed E-state index contributed by atoms with van der Waals surface area (Å²) < 4.78 is 0. The van der Waals surface area contributed by atoms with Crippen molar-refractivity contribution in [1.29, 1.82) is 0 Å². The molecule has 0 rings (SSSR count). The van der Waals surface area contributed by atoms with Gasteiger partial charge >= 0.3 is 0 Å². The van der Waals surface area contributed by atoms with Crippen molar-refractivity contribution in [3.63, 3.8) is 0 Å². The third kappa shape index (κ3) is 25.3. The first-order chi connectivity index (χ1) is 9.77. The fourth-order valence-corrected chi connectivity index (χ4v) is 2.64. The van der Waals surface area contributed by atoms with E-state index < -0.39 is 5.97 Å². The molecule has 0 bridgehead atoms. The van der Waals surface area contributed by atoms with Gasteiger partial charge in [-0.05, 0) is 12.8 Å². The smallest absolute Gasteiger partial charge is 0.0414 e. The molecule has 0 saturated heterocycles. The Morgan fingerprint density at radius 1 is 0.636 bits per heavy atom. The summed E-state index contributed by atoms with van der Waals surface area (Å²) in [6.07, 6.45) is 19.9. The van der Waals surface area contributed by atoms with Crippen LogP contribution in [-0.4, -0.2) is 11.4 Å². The third-order valence-electron chi connectivity index (χ3n) is 3.98. The van der Waals surface area contributed by atoms with E-state index in [0.717, 1.165) is 12.8 Å². The van der Waals surface area contributed by atoms with E-state index in [1.165, 1.54) is 83.5 Å². The van der Waals surface area contributed by atoms with Crippen molar-refractivity contribution in [1.82, 2.24) is 0 Å². The predicted octanol–water partition coefficient (Wildman–Crippen LogP) is 4.17. The van der Waals surface area contributed by atoms with E-state index in [2.05, 4.69) is 6.92 Å². The van der Waals surface area contributed by atoms with E-state index in [0.29, 0.717) is 0 Å². The zero-order valence-corrected chi connectivity index (χ0v) is 17.1. The second-order valence-corrected chi connectivity index (χ2v) is 6.07. The second-order valence-electron chi connectivity index (χ2n) is 6.07. The van der Waals surface area contributed by atoms with Crippen molar-refractivity contribution in [3.8, 4) is 0 Å². The average Bonchev–Trinajstić information content (AvgIpc) is 2.43. The molecule has 0 aliphatic heterocycles. The number of rotatable bonds is 16. The van der Waals surface area contributed by atoms with Crippen molar-refractivity contribution >= 4 is 5.97 Å². The van der Waals surface area contributed by atoms with E-state index >= 15 is 0 Å². The van der Waals surface area contributed by atoms with Crippen molar-refractivity contribution in [3.05, 3.63) is 0 Å². The van der Waals surface area contributed by atoms with E-state index in [4.69, 9.17) is 0 Å². The molecule has 0 aliphatic carbocycles. The van der Waals surface area contributed by atoms with Crippen LogP contribution in [0.4, 0.5) is 0 Å². The molecule has 22 heavy (non-hydrogen) atoms. The van der Waals surface area contributed by atoms with E-state index in [1.807, 2.05) is 0 Å². The minimum Gasteiger partial charge on any atom is -0.550 e. The number of carboxylic acids is 1. The fraction of sp³-hybridized carbons (Fsp3) is 0.944. The minimum absolute atomic E-state index is 0. The van der Waals surface area contributed by atoms with Crippen LogP contribution in [0.1, 0.15) is 110 Å². The first-order valence-electron chi connectivity index (χ1n) is 8.97. The molecule has 3 nitrogen and oxygen atoms in total. The normalized spacial score (nSPS) is 9.86. The largest absolute Gasteiger partial charge is 0.550 e. The van der Waals surface area contributed by atoms with Gasteiger partial charge in [0.15, 0.2) is 0 Å². The van der Waals surface area contributed by atoms with Crippen molar-refractivity contribution < 1.29 is 41.6 Å². The van der Waals surface area contributed by atoms with Crippen LogP contribution in [0.25, 0.3) is 0 Å². The van der Waals surface area contributed by atoms with Crippen LogP contribution in [0.5, 0.6) is 0 Å². The van der Waals surface area contributed by atoms with Gasteiger partial charge in [-0.25, -0.2) is 0 Å². The van der Waals surface area contributed by atoms with Gasteiger partial charge in [-0.3, -0.25) is 0 Å². The van der Waals surface area contributed by atoms with Crippen LogP contribution < -0.4 is 5.11 Å². The number of hydrogen-bond acceptors (Lipinski definition) is 2. The Kier molecular flexibility index (Phi) is 29.1. The molecule has 0 aliphatic rings. The van der Waals surface area contributed by atoms with Gasteiger partial charge in [0.25, 0.3) is 0 Å². The van der Waals surface area contributed by atoms with Gasteiger partial charge in [-0.15, -0.1) is 0 Å².